The Labute approximate surface area is 191 Å². The molecule has 1 amide bonds. The molecule has 0 spiro atoms. The van der Waals surface area contributed by atoms with Crippen molar-refractivity contribution >= 4 is 17.9 Å². The minimum Gasteiger partial charge on any atom is -0.446 e. The summed E-state index contributed by atoms with van der Waals surface area (Å²) in [4.78, 5) is 23.2. The SMILES string of the molecule is CC(Nc1nccc(N2C(=O)OCC2(C)c2ccccc2)n1)c1cnn(-c2ccccc2)c1. The van der Waals surface area contributed by atoms with Crippen LogP contribution in [-0.4, -0.2) is 32.4 Å². The number of hydrogen-bond donors (Lipinski definition) is 1. The van der Waals surface area contributed by atoms with Gasteiger partial charge in [-0.25, -0.2) is 19.4 Å². The van der Waals surface area contributed by atoms with Gasteiger partial charge in [-0.15, -0.1) is 0 Å². The first kappa shape index (κ1) is 20.7. The second-order valence-corrected chi connectivity index (χ2v) is 8.19. The average molecular weight is 441 g/mol. The van der Waals surface area contributed by atoms with E-state index in [1.165, 1.54) is 0 Å². The van der Waals surface area contributed by atoms with Crippen LogP contribution in [0.25, 0.3) is 5.69 Å². The van der Waals surface area contributed by atoms with Crippen molar-refractivity contribution in [2.24, 2.45) is 0 Å². The lowest BCUT2D eigenvalue weighted by Gasteiger charge is -2.31. The lowest BCUT2D eigenvalue weighted by atomic mass is 9.92. The van der Waals surface area contributed by atoms with Gasteiger partial charge in [0.2, 0.25) is 5.95 Å². The van der Waals surface area contributed by atoms with E-state index in [1.807, 2.05) is 91.6 Å². The summed E-state index contributed by atoms with van der Waals surface area (Å²) >= 11 is 0. The second-order valence-electron chi connectivity index (χ2n) is 8.19. The Balaban J connectivity index is 1.38. The summed E-state index contributed by atoms with van der Waals surface area (Å²) in [6, 6.07) is 21.4. The van der Waals surface area contributed by atoms with Crippen molar-refractivity contribution in [1.29, 1.82) is 0 Å². The minimum absolute atomic E-state index is 0.0938. The molecule has 5 rings (SSSR count). The largest absolute Gasteiger partial charge is 0.446 e. The number of carbonyl (C=O) groups is 1. The van der Waals surface area contributed by atoms with Gasteiger partial charge in [-0.1, -0.05) is 48.5 Å². The molecule has 0 bridgehead atoms. The molecule has 2 atom stereocenters. The molecule has 166 valence electrons. The first-order valence-corrected chi connectivity index (χ1v) is 10.8. The Bertz CT molecular complexity index is 1260. The van der Waals surface area contributed by atoms with Gasteiger partial charge in [0, 0.05) is 18.0 Å². The van der Waals surface area contributed by atoms with Gasteiger partial charge in [0.15, 0.2) is 0 Å². The zero-order valence-electron chi connectivity index (χ0n) is 18.4. The van der Waals surface area contributed by atoms with E-state index in [9.17, 15) is 4.79 Å². The number of nitrogens with zero attached hydrogens (tertiary/aromatic N) is 5. The molecule has 3 heterocycles. The highest BCUT2D eigenvalue weighted by molar-refractivity contribution is 5.90. The number of rotatable bonds is 6. The van der Waals surface area contributed by atoms with Crippen LogP contribution in [0.2, 0.25) is 0 Å². The maximum atomic E-state index is 12.7. The van der Waals surface area contributed by atoms with Crippen LogP contribution in [0.15, 0.2) is 85.3 Å². The van der Waals surface area contributed by atoms with Gasteiger partial charge in [0.1, 0.15) is 18.0 Å². The predicted molar refractivity (Wildman–Crippen MR) is 125 cm³/mol. The van der Waals surface area contributed by atoms with Gasteiger partial charge in [0.25, 0.3) is 0 Å². The van der Waals surface area contributed by atoms with E-state index in [0.29, 0.717) is 11.8 Å². The Morgan fingerprint density at radius 3 is 2.55 bits per heavy atom. The number of cyclic esters (lactones) is 1. The van der Waals surface area contributed by atoms with E-state index in [2.05, 4.69) is 20.4 Å². The minimum atomic E-state index is -0.660. The zero-order chi connectivity index (χ0) is 22.8. The number of ether oxygens (including phenoxy) is 1. The molecule has 8 nitrogen and oxygen atoms in total. The molecule has 1 saturated heterocycles. The van der Waals surface area contributed by atoms with Gasteiger partial charge in [-0.05, 0) is 37.6 Å². The second kappa shape index (κ2) is 8.38. The molecule has 1 aliphatic heterocycles. The highest BCUT2D eigenvalue weighted by Gasteiger charge is 2.46. The standard InChI is InChI=1S/C25H24N6O2/c1-18(19-15-27-30(16-19)21-11-7-4-8-12-21)28-23-26-14-13-22(29-23)31-24(32)33-17-25(31,2)20-9-5-3-6-10-20/h3-16,18H,17H2,1-2H3,(H,26,28,29). The molecule has 8 heteroatoms. The Hall–Kier alpha value is -4.20. The lowest BCUT2D eigenvalue weighted by molar-refractivity contribution is 0.174. The third-order valence-electron chi connectivity index (χ3n) is 5.89. The van der Waals surface area contributed by atoms with Crippen LogP contribution < -0.4 is 10.2 Å². The molecule has 2 unspecified atom stereocenters. The monoisotopic (exact) mass is 440 g/mol. The number of aromatic nitrogens is 4. The average Bonchev–Trinajstić information content (AvgIpc) is 3.46. The lowest BCUT2D eigenvalue weighted by Crippen LogP contribution is -2.42. The number of amides is 1. The van der Waals surface area contributed by atoms with E-state index in [4.69, 9.17) is 4.74 Å². The van der Waals surface area contributed by atoms with Crippen LogP contribution in [0, 0.1) is 0 Å². The van der Waals surface area contributed by atoms with Gasteiger partial charge < -0.3 is 10.1 Å². The molecule has 2 aromatic heterocycles. The number of carbonyl (C=O) groups excluding carboxylic acids is 1. The summed E-state index contributed by atoms with van der Waals surface area (Å²) in [5.74, 6) is 0.899. The van der Waals surface area contributed by atoms with Gasteiger partial charge >= 0.3 is 6.09 Å². The maximum absolute atomic E-state index is 12.7. The molecule has 4 aromatic rings. The number of anilines is 2. The van der Waals surface area contributed by atoms with Crippen molar-refractivity contribution < 1.29 is 9.53 Å². The molecule has 1 fully saturated rings. The zero-order valence-corrected chi connectivity index (χ0v) is 18.4. The molecule has 0 aliphatic carbocycles. The van der Waals surface area contributed by atoms with Crippen molar-refractivity contribution in [3.63, 3.8) is 0 Å². The summed E-state index contributed by atoms with van der Waals surface area (Å²) in [6.45, 7) is 4.24. The van der Waals surface area contributed by atoms with Crippen molar-refractivity contribution in [3.05, 3.63) is 96.4 Å². The van der Waals surface area contributed by atoms with E-state index in [-0.39, 0.29) is 12.6 Å². The van der Waals surface area contributed by atoms with Crippen molar-refractivity contribution in [2.45, 2.75) is 25.4 Å². The van der Waals surface area contributed by atoms with Crippen LogP contribution in [0.5, 0.6) is 0 Å². The van der Waals surface area contributed by atoms with Gasteiger partial charge in [0.05, 0.1) is 17.9 Å². The Kier molecular flexibility index (Phi) is 5.26. The summed E-state index contributed by atoms with van der Waals surface area (Å²) in [6.07, 6.45) is 5.00. The molecule has 2 aromatic carbocycles. The van der Waals surface area contributed by atoms with E-state index in [1.54, 1.807) is 17.2 Å². The van der Waals surface area contributed by atoms with Crippen LogP contribution in [0.1, 0.15) is 31.0 Å². The predicted octanol–water partition coefficient (Wildman–Crippen LogP) is 4.71. The highest BCUT2D eigenvalue weighted by atomic mass is 16.6. The van der Waals surface area contributed by atoms with Crippen molar-refractivity contribution in [3.8, 4) is 5.69 Å². The fourth-order valence-corrected chi connectivity index (χ4v) is 3.99. The summed E-state index contributed by atoms with van der Waals surface area (Å²) in [7, 11) is 0. The van der Waals surface area contributed by atoms with Crippen LogP contribution in [0.4, 0.5) is 16.6 Å². The maximum Gasteiger partial charge on any atom is 0.416 e. The topological polar surface area (TPSA) is 85.2 Å². The number of para-hydroxylation sites is 1. The normalized spacial score (nSPS) is 18.7. The smallest absolute Gasteiger partial charge is 0.416 e. The first-order valence-electron chi connectivity index (χ1n) is 10.8. The number of hydrogen-bond acceptors (Lipinski definition) is 6. The first-order chi connectivity index (χ1) is 16.0. The van der Waals surface area contributed by atoms with Crippen molar-refractivity contribution in [1.82, 2.24) is 19.7 Å². The Morgan fingerprint density at radius 2 is 1.79 bits per heavy atom. The molecule has 0 saturated carbocycles. The molecule has 1 aliphatic rings. The molecule has 1 N–H and O–H groups in total. The van der Waals surface area contributed by atoms with Crippen molar-refractivity contribution in [2.75, 3.05) is 16.8 Å². The molecular formula is C25H24N6O2. The third kappa shape index (κ3) is 3.91. The van der Waals surface area contributed by atoms with E-state index >= 15 is 0 Å². The summed E-state index contributed by atoms with van der Waals surface area (Å²) in [5, 5.41) is 7.77. The quantitative estimate of drug-likeness (QED) is 0.468. The number of benzene rings is 2. The van der Waals surface area contributed by atoms with Crippen LogP contribution >= 0.6 is 0 Å². The van der Waals surface area contributed by atoms with Gasteiger partial charge in [-0.2, -0.15) is 10.1 Å². The Morgan fingerprint density at radius 1 is 1.06 bits per heavy atom. The van der Waals surface area contributed by atoms with E-state index in [0.717, 1.165) is 16.8 Å². The van der Waals surface area contributed by atoms with E-state index < -0.39 is 11.6 Å². The van der Waals surface area contributed by atoms with Gasteiger partial charge in [-0.3, -0.25) is 0 Å². The highest BCUT2D eigenvalue weighted by Crippen LogP contribution is 2.37. The third-order valence-corrected chi connectivity index (χ3v) is 5.89. The molecule has 0 radical (unpaired) electrons. The molecule has 33 heavy (non-hydrogen) atoms. The fourth-order valence-electron chi connectivity index (χ4n) is 3.99. The van der Waals surface area contributed by atoms with Crippen LogP contribution in [0.3, 0.4) is 0 Å². The summed E-state index contributed by atoms with van der Waals surface area (Å²) < 4.78 is 7.25. The van der Waals surface area contributed by atoms with Crippen LogP contribution in [-0.2, 0) is 10.3 Å². The molecular weight excluding hydrogens is 416 g/mol. The summed E-state index contributed by atoms with van der Waals surface area (Å²) in [5.41, 5.74) is 2.29. The number of nitrogens with one attached hydrogen (secondary N) is 1. The fraction of sp³-hybridized carbons (Fsp3) is 0.200.